The van der Waals surface area contributed by atoms with Gasteiger partial charge in [-0.1, -0.05) is 31.5 Å². The summed E-state index contributed by atoms with van der Waals surface area (Å²) < 4.78 is 0. The summed E-state index contributed by atoms with van der Waals surface area (Å²) in [4.78, 5) is 0. The average molecular weight is 247 g/mol. The molecule has 0 heterocycles. The molecule has 0 amide bonds. The van der Waals surface area contributed by atoms with Gasteiger partial charge in [0.2, 0.25) is 0 Å². The van der Waals surface area contributed by atoms with Crippen LogP contribution in [0.4, 0.5) is 0 Å². The molecule has 102 valence electrons. The van der Waals surface area contributed by atoms with Crippen LogP contribution in [0.2, 0.25) is 0 Å². The molecule has 1 rings (SSSR count). The van der Waals surface area contributed by atoms with Gasteiger partial charge in [0.15, 0.2) is 0 Å². The predicted octanol–water partition coefficient (Wildman–Crippen LogP) is 4.18. The molecule has 0 aromatic heterocycles. The molecule has 0 unspecified atom stereocenters. The van der Waals surface area contributed by atoms with E-state index in [0.717, 1.165) is 6.54 Å². The average Bonchev–Trinajstić information content (AvgIpc) is 2.32. The van der Waals surface area contributed by atoms with Gasteiger partial charge in [-0.25, -0.2) is 0 Å². The van der Waals surface area contributed by atoms with Crippen molar-refractivity contribution in [2.45, 2.75) is 53.9 Å². The first-order valence-electron chi connectivity index (χ1n) is 7.19. The van der Waals surface area contributed by atoms with Crippen molar-refractivity contribution in [1.29, 1.82) is 0 Å². The molecular weight excluding hydrogens is 218 g/mol. The molecule has 1 nitrogen and oxygen atoms in total. The van der Waals surface area contributed by atoms with Gasteiger partial charge in [-0.3, -0.25) is 0 Å². The first kappa shape index (κ1) is 15.2. The normalized spacial score (nSPS) is 11.9. The summed E-state index contributed by atoms with van der Waals surface area (Å²) in [6.45, 7) is 12.4. The molecule has 1 aromatic rings. The van der Waals surface area contributed by atoms with Crippen molar-refractivity contribution >= 4 is 0 Å². The van der Waals surface area contributed by atoms with E-state index in [1.807, 2.05) is 0 Å². The monoisotopic (exact) mass is 247 g/mol. The third-order valence-electron chi connectivity index (χ3n) is 4.44. The molecule has 0 aliphatic rings. The number of rotatable bonds is 6. The lowest BCUT2D eigenvalue weighted by atomic mass is 9.75. The fourth-order valence-corrected chi connectivity index (χ4v) is 3.05. The smallest absolute Gasteiger partial charge is 0.000779 e. The summed E-state index contributed by atoms with van der Waals surface area (Å²) in [5.41, 5.74) is 6.24. The van der Waals surface area contributed by atoms with Gasteiger partial charge < -0.3 is 5.32 Å². The minimum atomic E-state index is 0.402. The highest BCUT2D eigenvalue weighted by molar-refractivity contribution is 5.38. The molecule has 0 spiro atoms. The van der Waals surface area contributed by atoms with Crippen LogP contribution in [0.5, 0.6) is 0 Å². The van der Waals surface area contributed by atoms with E-state index < -0.39 is 0 Å². The molecule has 0 aliphatic carbocycles. The van der Waals surface area contributed by atoms with Crippen molar-refractivity contribution in [2.24, 2.45) is 5.41 Å². The van der Waals surface area contributed by atoms with E-state index in [0.29, 0.717) is 5.41 Å². The molecule has 0 saturated heterocycles. The van der Waals surface area contributed by atoms with Crippen LogP contribution in [0, 0.1) is 26.2 Å². The molecule has 0 aliphatic heterocycles. The number of benzene rings is 1. The standard InChI is InChI=1S/C17H29N/c1-7-17(8-2,12-18-6)11-16-14(4)9-13(3)10-15(16)5/h9-10,18H,7-8,11-12H2,1-6H3. The van der Waals surface area contributed by atoms with E-state index in [1.54, 1.807) is 5.56 Å². The van der Waals surface area contributed by atoms with Crippen molar-refractivity contribution in [3.63, 3.8) is 0 Å². The fraction of sp³-hybridized carbons (Fsp3) is 0.647. The van der Waals surface area contributed by atoms with E-state index in [4.69, 9.17) is 0 Å². The van der Waals surface area contributed by atoms with Crippen LogP contribution in [0.25, 0.3) is 0 Å². The Labute approximate surface area is 113 Å². The Bertz CT molecular complexity index is 366. The Morgan fingerprint density at radius 1 is 1.00 bits per heavy atom. The van der Waals surface area contributed by atoms with Gasteiger partial charge in [0.05, 0.1) is 0 Å². The molecule has 1 N–H and O–H groups in total. The zero-order chi connectivity index (χ0) is 13.8. The SMILES string of the molecule is CCC(CC)(CNC)Cc1c(C)cc(C)cc1C. The first-order chi connectivity index (χ1) is 8.48. The number of aryl methyl sites for hydroxylation is 3. The number of nitrogens with one attached hydrogen (secondary N) is 1. The second-order valence-electron chi connectivity index (χ2n) is 5.79. The largest absolute Gasteiger partial charge is 0.319 e. The van der Waals surface area contributed by atoms with E-state index in [1.165, 1.54) is 36.0 Å². The van der Waals surface area contributed by atoms with Crippen LogP contribution >= 0.6 is 0 Å². The highest BCUT2D eigenvalue weighted by atomic mass is 14.8. The molecule has 0 atom stereocenters. The van der Waals surface area contributed by atoms with Crippen molar-refractivity contribution in [1.82, 2.24) is 5.32 Å². The molecule has 0 saturated carbocycles. The van der Waals surface area contributed by atoms with Crippen molar-refractivity contribution < 1.29 is 0 Å². The van der Waals surface area contributed by atoms with E-state index in [2.05, 4.69) is 59.1 Å². The maximum atomic E-state index is 3.38. The minimum absolute atomic E-state index is 0.402. The van der Waals surface area contributed by atoms with Crippen molar-refractivity contribution in [3.05, 3.63) is 34.4 Å². The molecule has 1 aromatic carbocycles. The third kappa shape index (κ3) is 3.35. The topological polar surface area (TPSA) is 12.0 Å². The van der Waals surface area contributed by atoms with Crippen molar-refractivity contribution in [2.75, 3.05) is 13.6 Å². The highest BCUT2D eigenvalue weighted by Gasteiger charge is 2.26. The van der Waals surface area contributed by atoms with Crippen molar-refractivity contribution in [3.8, 4) is 0 Å². The molecule has 1 heteroatoms. The van der Waals surface area contributed by atoms with Crippen LogP contribution in [0.3, 0.4) is 0 Å². The summed E-state index contributed by atoms with van der Waals surface area (Å²) in [6, 6.07) is 4.63. The van der Waals surface area contributed by atoms with Crippen LogP contribution in [-0.4, -0.2) is 13.6 Å². The van der Waals surface area contributed by atoms with Gasteiger partial charge in [-0.2, -0.15) is 0 Å². The molecule has 0 bridgehead atoms. The maximum absolute atomic E-state index is 3.38. The lowest BCUT2D eigenvalue weighted by molar-refractivity contribution is 0.252. The summed E-state index contributed by atoms with van der Waals surface area (Å²) >= 11 is 0. The third-order valence-corrected chi connectivity index (χ3v) is 4.44. The lowest BCUT2D eigenvalue weighted by Gasteiger charge is -2.33. The van der Waals surface area contributed by atoms with Gasteiger partial charge in [0.1, 0.15) is 0 Å². The van der Waals surface area contributed by atoms with Gasteiger partial charge >= 0.3 is 0 Å². The summed E-state index contributed by atoms with van der Waals surface area (Å²) in [5.74, 6) is 0. The fourth-order valence-electron chi connectivity index (χ4n) is 3.05. The Hall–Kier alpha value is -0.820. The van der Waals surface area contributed by atoms with E-state index in [-0.39, 0.29) is 0 Å². The summed E-state index contributed by atoms with van der Waals surface area (Å²) in [6.07, 6.45) is 3.66. The van der Waals surface area contributed by atoms with Gasteiger partial charge in [0.25, 0.3) is 0 Å². The van der Waals surface area contributed by atoms with Gasteiger partial charge in [0, 0.05) is 6.54 Å². The van der Waals surface area contributed by atoms with Crippen LogP contribution in [0.1, 0.15) is 48.9 Å². The van der Waals surface area contributed by atoms with E-state index in [9.17, 15) is 0 Å². The maximum Gasteiger partial charge on any atom is 0.000779 e. The number of hydrogen-bond acceptors (Lipinski definition) is 1. The Kier molecular flexibility index (Phi) is 5.40. The summed E-state index contributed by atoms with van der Waals surface area (Å²) in [5, 5.41) is 3.38. The second kappa shape index (κ2) is 6.38. The lowest BCUT2D eigenvalue weighted by Crippen LogP contribution is -2.34. The zero-order valence-electron chi connectivity index (χ0n) is 13.0. The van der Waals surface area contributed by atoms with Crippen LogP contribution in [-0.2, 0) is 6.42 Å². The molecule has 0 radical (unpaired) electrons. The minimum Gasteiger partial charge on any atom is -0.319 e. The highest BCUT2D eigenvalue weighted by Crippen LogP contribution is 2.33. The Morgan fingerprint density at radius 3 is 1.89 bits per heavy atom. The molecule has 0 fully saturated rings. The van der Waals surface area contributed by atoms with E-state index >= 15 is 0 Å². The number of hydrogen-bond donors (Lipinski definition) is 1. The Balaban J connectivity index is 3.08. The van der Waals surface area contributed by atoms with Crippen LogP contribution < -0.4 is 5.32 Å². The predicted molar refractivity (Wildman–Crippen MR) is 81.3 cm³/mol. The quantitative estimate of drug-likeness (QED) is 0.795. The Morgan fingerprint density at radius 2 is 1.50 bits per heavy atom. The first-order valence-corrected chi connectivity index (χ1v) is 7.19. The van der Waals surface area contributed by atoms with Gasteiger partial charge in [-0.05, 0) is 69.2 Å². The van der Waals surface area contributed by atoms with Crippen LogP contribution in [0.15, 0.2) is 12.1 Å². The summed E-state index contributed by atoms with van der Waals surface area (Å²) in [7, 11) is 2.06. The zero-order valence-corrected chi connectivity index (χ0v) is 13.0. The molecule has 18 heavy (non-hydrogen) atoms. The molecular formula is C17H29N. The second-order valence-corrected chi connectivity index (χ2v) is 5.79. The van der Waals surface area contributed by atoms with Gasteiger partial charge in [-0.15, -0.1) is 0 Å².